The first-order chi connectivity index (χ1) is 13.1. The molecule has 0 saturated heterocycles. The van der Waals surface area contributed by atoms with E-state index in [-0.39, 0.29) is 24.8 Å². The monoisotopic (exact) mass is 366 g/mol. The molecule has 27 heavy (non-hydrogen) atoms. The maximum Gasteiger partial charge on any atom is 0.307 e. The minimum atomic E-state index is -0.352. The Bertz CT molecular complexity index is 951. The fourth-order valence-corrected chi connectivity index (χ4v) is 2.90. The number of rotatable bonds is 7. The van der Waals surface area contributed by atoms with Crippen molar-refractivity contribution in [1.82, 2.24) is 19.9 Å². The Kier molecular flexibility index (Phi) is 5.80. The van der Waals surface area contributed by atoms with Crippen molar-refractivity contribution < 1.29 is 14.3 Å². The van der Waals surface area contributed by atoms with Crippen LogP contribution in [-0.4, -0.2) is 40.1 Å². The van der Waals surface area contributed by atoms with E-state index in [1.54, 1.807) is 24.5 Å². The molecule has 1 amide bonds. The molecule has 7 heteroatoms. The zero-order chi connectivity index (χ0) is 19.2. The van der Waals surface area contributed by atoms with Gasteiger partial charge in [0.2, 0.25) is 0 Å². The van der Waals surface area contributed by atoms with Crippen LogP contribution in [0.1, 0.15) is 28.2 Å². The van der Waals surface area contributed by atoms with E-state index in [0.29, 0.717) is 5.56 Å². The molecular weight excluding hydrogens is 344 g/mol. The highest BCUT2D eigenvalue weighted by Crippen LogP contribution is 2.18. The fourth-order valence-electron chi connectivity index (χ4n) is 2.90. The highest BCUT2D eigenvalue weighted by molar-refractivity contribution is 5.97. The van der Waals surface area contributed by atoms with Crippen LogP contribution in [0.4, 0.5) is 0 Å². The lowest BCUT2D eigenvalue weighted by molar-refractivity contribution is -0.140. The van der Waals surface area contributed by atoms with Gasteiger partial charge in [0.15, 0.2) is 0 Å². The Balaban J connectivity index is 1.70. The lowest BCUT2D eigenvalue weighted by atomic mass is 10.1. The molecule has 1 N–H and O–H groups in total. The maximum atomic E-state index is 12.3. The predicted octanol–water partition coefficient (Wildman–Crippen LogP) is 2.05. The molecule has 0 aliphatic rings. The van der Waals surface area contributed by atoms with Crippen molar-refractivity contribution in [2.75, 3.05) is 13.7 Å². The number of aromatic nitrogens is 3. The molecule has 0 bridgehead atoms. The van der Waals surface area contributed by atoms with Crippen LogP contribution in [0, 0.1) is 0 Å². The summed E-state index contributed by atoms with van der Waals surface area (Å²) in [6.45, 7) is 0.239. The molecule has 7 nitrogen and oxygen atoms in total. The number of esters is 1. The van der Waals surface area contributed by atoms with Gasteiger partial charge in [-0.25, -0.2) is 4.98 Å². The van der Waals surface area contributed by atoms with Crippen molar-refractivity contribution in [3.63, 3.8) is 0 Å². The summed E-state index contributed by atoms with van der Waals surface area (Å²) in [6, 6.07) is 9.44. The molecule has 140 valence electrons. The number of methoxy groups -OCH3 is 1. The van der Waals surface area contributed by atoms with Crippen molar-refractivity contribution in [2.45, 2.75) is 19.3 Å². The van der Waals surface area contributed by atoms with E-state index in [1.807, 2.05) is 25.2 Å². The zero-order valence-electron chi connectivity index (χ0n) is 15.4. The molecule has 1 aromatic carbocycles. The number of carbonyl (C=O) groups is 2. The third-order valence-electron chi connectivity index (χ3n) is 4.46. The van der Waals surface area contributed by atoms with E-state index in [9.17, 15) is 9.59 Å². The van der Waals surface area contributed by atoms with Gasteiger partial charge in [0, 0.05) is 38.0 Å². The topological polar surface area (TPSA) is 86.1 Å². The second kappa shape index (κ2) is 8.44. The Labute approximate surface area is 157 Å². The average Bonchev–Trinajstić information content (AvgIpc) is 3.02. The summed E-state index contributed by atoms with van der Waals surface area (Å²) in [4.78, 5) is 32.1. The van der Waals surface area contributed by atoms with Gasteiger partial charge in [-0.05, 0) is 42.3 Å². The van der Waals surface area contributed by atoms with Gasteiger partial charge in [-0.1, -0.05) is 0 Å². The van der Waals surface area contributed by atoms with Gasteiger partial charge in [0.1, 0.15) is 5.82 Å². The number of hydrogen-bond donors (Lipinski definition) is 1. The largest absolute Gasteiger partial charge is 0.469 e. The van der Waals surface area contributed by atoms with Crippen molar-refractivity contribution >= 4 is 22.9 Å². The highest BCUT2D eigenvalue weighted by Gasteiger charge is 2.12. The third kappa shape index (κ3) is 4.49. The van der Waals surface area contributed by atoms with E-state index in [0.717, 1.165) is 29.7 Å². The van der Waals surface area contributed by atoms with Crippen LogP contribution in [0.25, 0.3) is 11.0 Å². The summed E-state index contributed by atoms with van der Waals surface area (Å²) in [7, 11) is 3.30. The molecule has 0 aliphatic heterocycles. The Morgan fingerprint density at radius 1 is 1.15 bits per heavy atom. The molecule has 0 radical (unpaired) electrons. The Morgan fingerprint density at radius 2 is 1.93 bits per heavy atom. The van der Waals surface area contributed by atoms with Gasteiger partial charge in [-0.2, -0.15) is 0 Å². The smallest absolute Gasteiger partial charge is 0.307 e. The summed E-state index contributed by atoms with van der Waals surface area (Å²) >= 11 is 0. The summed E-state index contributed by atoms with van der Waals surface area (Å²) in [6.07, 6.45) is 5.40. The minimum Gasteiger partial charge on any atom is -0.469 e. The van der Waals surface area contributed by atoms with Gasteiger partial charge in [0.05, 0.1) is 24.6 Å². The average molecular weight is 366 g/mol. The minimum absolute atomic E-state index is 0.146. The molecule has 2 aromatic heterocycles. The van der Waals surface area contributed by atoms with Crippen molar-refractivity contribution in [2.24, 2.45) is 7.05 Å². The number of nitrogens with one attached hydrogen (secondary N) is 1. The number of carbonyl (C=O) groups excluding carboxylic acids is 2. The van der Waals surface area contributed by atoms with Crippen LogP contribution < -0.4 is 5.32 Å². The fraction of sp³-hybridized carbons (Fsp3) is 0.300. The van der Waals surface area contributed by atoms with Crippen LogP contribution in [0.3, 0.4) is 0 Å². The second-order valence-corrected chi connectivity index (χ2v) is 6.23. The summed E-state index contributed by atoms with van der Waals surface area (Å²) in [5, 5.41) is 2.72. The van der Waals surface area contributed by atoms with Crippen LogP contribution in [-0.2, 0) is 29.4 Å². The number of pyridine rings is 1. The van der Waals surface area contributed by atoms with E-state index in [1.165, 1.54) is 12.7 Å². The van der Waals surface area contributed by atoms with Crippen LogP contribution in [0.2, 0.25) is 0 Å². The molecule has 0 fully saturated rings. The first-order valence-corrected chi connectivity index (χ1v) is 8.77. The number of aryl methyl sites for hydroxylation is 3. The molecule has 0 spiro atoms. The van der Waals surface area contributed by atoms with Crippen molar-refractivity contribution in [1.29, 1.82) is 0 Å². The molecule has 3 rings (SSSR count). The maximum absolute atomic E-state index is 12.3. The second-order valence-electron chi connectivity index (χ2n) is 6.23. The predicted molar refractivity (Wildman–Crippen MR) is 101 cm³/mol. The molecule has 0 aliphatic carbocycles. The lowest BCUT2D eigenvalue weighted by Crippen LogP contribution is -2.26. The van der Waals surface area contributed by atoms with Gasteiger partial charge in [-0.15, -0.1) is 0 Å². The van der Waals surface area contributed by atoms with E-state index < -0.39 is 0 Å². The zero-order valence-corrected chi connectivity index (χ0v) is 15.4. The SMILES string of the molecule is COC(=O)CCNC(=O)c1ccc2c(c1)nc(CCc1ccncc1)n2C. The lowest BCUT2D eigenvalue weighted by Gasteiger charge is -2.05. The first kappa shape index (κ1) is 18.6. The molecule has 0 saturated carbocycles. The van der Waals surface area contributed by atoms with E-state index in [2.05, 4.69) is 24.6 Å². The van der Waals surface area contributed by atoms with Gasteiger partial charge in [-0.3, -0.25) is 14.6 Å². The Hall–Kier alpha value is -3.22. The number of imidazole rings is 1. The number of ether oxygens (including phenoxy) is 1. The first-order valence-electron chi connectivity index (χ1n) is 8.77. The normalized spacial score (nSPS) is 10.7. The summed E-state index contributed by atoms with van der Waals surface area (Å²) < 4.78 is 6.61. The van der Waals surface area contributed by atoms with E-state index >= 15 is 0 Å². The number of nitrogens with zero attached hydrogens (tertiary/aromatic N) is 3. The molecule has 0 atom stereocenters. The quantitative estimate of drug-likeness (QED) is 0.647. The number of amides is 1. The van der Waals surface area contributed by atoms with Gasteiger partial charge < -0.3 is 14.6 Å². The number of benzene rings is 1. The Morgan fingerprint density at radius 3 is 2.67 bits per heavy atom. The van der Waals surface area contributed by atoms with Crippen LogP contribution >= 0.6 is 0 Å². The highest BCUT2D eigenvalue weighted by atomic mass is 16.5. The molecule has 2 heterocycles. The number of hydrogen-bond acceptors (Lipinski definition) is 5. The summed E-state index contributed by atoms with van der Waals surface area (Å²) in [5.41, 5.74) is 3.49. The standard InChI is InChI=1S/C20H22N4O3/c1-24-17-5-4-15(20(26)22-12-9-19(25)27-2)13-16(17)23-18(24)6-3-14-7-10-21-11-8-14/h4-5,7-8,10-11,13H,3,6,9,12H2,1-2H3,(H,22,26). The van der Waals surface area contributed by atoms with Crippen molar-refractivity contribution in [3.8, 4) is 0 Å². The van der Waals surface area contributed by atoms with Crippen molar-refractivity contribution in [3.05, 3.63) is 59.7 Å². The molecule has 3 aromatic rings. The number of fused-ring (bicyclic) bond motifs is 1. The third-order valence-corrected chi connectivity index (χ3v) is 4.46. The van der Waals surface area contributed by atoms with Crippen LogP contribution in [0.15, 0.2) is 42.7 Å². The van der Waals surface area contributed by atoms with Crippen LogP contribution in [0.5, 0.6) is 0 Å². The van der Waals surface area contributed by atoms with Gasteiger partial charge in [0.25, 0.3) is 5.91 Å². The molecular formula is C20H22N4O3. The van der Waals surface area contributed by atoms with E-state index in [4.69, 9.17) is 0 Å². The van der Waals surface area contributed by atoms with Gasteiger partial charge >= 0.3 is 5.97 Å². The summed E-state index contributed by atoms with van der Waals surface area (Å²) in [5.74, 6) is 0.379. The molecule has 0 unspecified atom stereocenters.